The summed E-state index contributed by atoms with van der Waals surface area (Å²) in [6.45, 7) is 0. The van der Waals surface area contributed by atoms with E-state index in [2.05, 4.69) is 4.98 Å². The maximum absolute atomic E-state index is 12.9. The molecule has 0 unspecified atom stereocenters. The lowest BCUT2D eigenvalue weighted by Gasteiger charge is -2.05. The molecular formula is C8H4ClF3N2. The Morgan fingerprint density at radius 1 is 1.57 bits per heavy atom. The fraction of sp³-hybridized carbons (Fsp3) is 0.250. The topological polar surface area (TPSA) is 36.7 Å². The molecule has 1 heterocycles. The second-order valence-electron chi connectivity index (χ2n) is 2.39. The third-order valence-corrected chi connectivity index (χ3v) is 1.88. The molecule has 0 N–H and O–H groups in total. The highest BCUT2D eigenvalue weighted by Gasteiger charge is 2.20. The second-order valence-corrected chi connectivity index (χ2v) is 2.66. The van der Waals surface area contributed by atoms with Gasteiger partial charge >= 0.3 is 0 Å². The standard InChI is InChI=1S/C8H4ClF3N2/c9-1-4-5(2-13)7(8(11)12)14-3-6(4)10/h3,8H,1H2. The molecule has 14 heavy (non-hydrogen) atoms. The van der Waals surface area contributed by atoms with Crippen molar-refractivity contribution in [3.05, 3.63) is 28.8 Å². The Balaban J connectivity index is 3.43. The summed E-state index contributed by atoms with van der Waals surface area (Å²) >= 11 is 5.33. The van der Waals surface area contributed by atoms with Gasteiger partial charge in [-0.25, -0.2) is 13.2 Å². The normalized spacial score (nSPS) is 10.3. The number of pyridine rings is 1. The number of nitriles is 1. The van der Waals surface area contributed by atoms with Gasteiger partial charge in [0.1, 0.15) is 17.6 Å². The zero-order valence-corrected chi connectivity index (χ0v) is 7.52. The lowest BCUT2D eigenvalue weighted by molar-refractivity contribution is 0.145. The molecule has 0 atom stereocenters. The molecule has 0 aliphatic rings. The summed E-state index contributed by atoms with van der Waals surface area (Å²) < 4.78 is 37.5. The van der Waals surface area contributed by atoms with E-state index in [1.54, 1.807) is 0 Å². The molecule has 0 radical (unpaired) electrons. The average molecular weight is 221 g/mol. The van der Waals surface area contributed by atoms with Crippen molar-refractivity contribution in [1.82, 2.24) is 4.98 Å². The summed E-state index contributed by atoms with van der Waals surface area (Å²) in [5.41, 5.74) is -1.45. The van der Waals surface area contributed by atoms with Crippen molar-refractivity contribution in [3.63, 3.8) is 0 Å². The first-order chi connectivity index (χ1) is 6.61. The van der Waals surface area contributed by atoms with E-state index in [0.717, 1.165) is 0 Å². The molecule has 6 heteroatoms. The van der Waals surface area contributed by atoms with Crippen molar-refractivity contribution >= 4 is 11.6 Å². The van der Waals surface area contributed by atoms with E-state index in [4.69, 9.17) is 16.9 Å². The first-order valence-electron chi connectivity index (χ1n) is 3.53. The molecule has 0 spiro atoms. The van der Waals surface area contributed by atoms with Crippen LogP contribution in [-0.4, -0.2) is 4.98 Å². The third kappa shape index (κ3) is 1.80. The number of nitrogens with zero attached hydrogens (tertiary/aromatic N) is 2. The third-order valence-electron chi connectivity index (χ3n) is 1.62. The molecule has 0 aliphatic heterocycles. The van der Waals surface area contributed by atoms with Crippen LogP contribution in [0.3, 0.4) is 0 Å². The van der Waals surface area contributed by atoms with E-state index >= 15 is 0 Å². The van der Waals surface area contributed by atoms with Crippen molar-refractivity contribution in [3.8, 4) is 6.07 Å². The van der Waals surface area contributed by atoms with Gasteiger partial charge in [0.15, 0.2) is 0 Å². The van der Waals surface area contributed by atoms with Gasteiger partial charge < -0.3 is 0 Å². The number of hydrogen-bond donors (Lipinski definition) is 0. The van der Waals surface area contributed by atoms with Crippen LogP contribution in [0.25, 0.3) is 0 Å². The fourth-order valence-corrected chi connectivity index (χ4v) is 1.22. The predicted molar refractivity (Wildman–Crippen MR) is 43.4 cm³/mol. The number of alkyl halides is 3. The molecule has 1 rings (SSSR count). The first-order valence-corrected chi connectivity index (χ1v) is 4.06. The molecular weight excluding hydrogens is 217 g/mol. The maximum Gasteiger partial charge on any atom is 0.281 e. The van der Waals surface area contributed by atoms with E-state index in [0.29, 0.717) is 6.20 Å². The number of hydrogen-bond acceptors (Lipinski definition) is 2. The van der Waals surface area contributed by atoms with E-state index in [1.165, 1.54) is 6.07 Å². The molecule has 0 aromatic carbocycles. The number of rotatable bonds is 2. The molecule has 0 saturated carbocycles. The van der Waals surface area contributed by atoms with Crippen LogP contribution in [0.15, 0.2) is 6.20 Å². The summed E-state index contributed by atoms with van der Waals surface area (Å²) in [5.74, 6) is -1.18. The highest BCUT2D eigenvalue weighted by Crippen LogP contribution is 2.25. The minimum Gasteiger partial charge on any atom is -0.251 e. The largest absolute Gasteiger partial charge is 0.281 e. The van der Waals surface area contributed by atoms with Crippen LogP contribution >= 0.6 is 11.6 Å². The van der Waals surface area contributed by atoms with E-state index in [1.807, 2.05) is 0 Å². The van der Waals surface area contributed by atoms with Gasteiger partial charge in [0.25, 0.3) is 6.43 Å². The average Bonchev–Trinajstić information content (AvgIpc) is 2.16. The molecule has 1 aromatic rings. The van der Waals surface area contributed by atoms with Gasteiger partial charge in [-0.2, -0.15) is 5.26 Å². The smallest absolute Gasteiger partial charge is 0.251 e. The van der Waals surface area contributed by atoms with Gasteiger partial charge in [0.2, 0.25) is 0 Å². The highest BCUT2D eigenvalue weighted by molar-refractivity contribution is 6.17. The van der Waals surface area contributed by atoms with Crippen LogP contribution in [-0.2, 0) is 5.88 Å². The Kier molecular flexibility index (Phi) is 3.31. The van der Waals surface area contributed by atoms with Crippen LogP contribution < -0.4 is 0 Å². The SMILES string of the molecule is N#Cc1c(C(F)F)ncc(F)c1CCl. The monoisotopic (exact) mass is 220 g/mol. The van der Waals surface area contributed by atoms with Crippen molar-refractivity contribution in [2.75, 3.05) is 0 Å². The van der Waals surface area contributed by atoms with Crippen LogP contribution in [0.1, 0.15) is 23.2 Å². The Labute approximate surface area is 82.9 Å². The Morgan fingerprint density at radius 2 is 2.21 bits per heavy atom. The Morgan fingerprint density at radius 3 is 2.64 bits per heavy atom. The second kappa shape index (κ2) is 4.29. The zero-order chi connectivity index (χ0) is 10.7. The Bertz CT molecular complexity index is 387. The van der Waals surface area contributed by atoms with Crippen LogP contribution in [0.2, 0.25) is 0 Å². The van der Waals surface area contributed by atoms with Crippen molar-refractivity contribution in [1.29, 1.82) is 5.26 Å². The van der Waals surface area contributed by atoms with Gasteiger partial charge in [-0.15, -0.1) is 11.6 Å². The zero-order valence-electron chi connectivity index (χ0n) is 6.77. The summed E-state index contributed by atoms with van der Waals surface area (Å²) in [7, 11) is 0. The molecule has 0 amide bonds. The van der Waals surface area contributed by atoms with Crippen LogP contribution in [0, 0.1) is 17.1 Å². The molecule has 0 saturated heterocycles. The Hall–Kier alpha value is -1.28. The van der Waals surface area contributed by atoms with E-state index in [-0.39, 0.29) is 11.4 Å². The quantitative estimate of drug-likeness (QED) is 0.719. The predicted octanol–water partition coefficient (Wildman–Crippen LogP) is 2.77. The van der Waals surface area contributed by atoms with Gasteiger partial charge in [-0.1, -0.05) is 0 Å². The van der Waals surface area contributed by atoms with Crippen molar-refractivity contribution < 1.29 is 13.2 Å². The lowest BCUT2D eigenvalue weighted by Crippen LogP contribution is -2.02. The highest BCUT2D eigenvalue weighted by atomic mass is 35.5. The number of halogens is 4. The molecule has 2 nitrogen and oxygen atoms in total. The minimum absolute atomic E-state index is 0.237. The van der Waals surface area contributed by atoms with Gasteiger partial charge in [-0.05, 0) is 0 Å². The minimum atomic E-state index is -2.91. The van der Waals surface area contributed by atoms with E-state index < -0.39 is 23.5 Å². The summed E-state index contributed by atoms with van der Waals surface area (Å²) in [5, 5.41) is 8.56. The van der Waals surface area contributed by atoms with Crippen LogP contribution in [0.4, 0.5) is 13.2 Å². The van der Waals surface area contributed by atoms with Crippen molar-refractivity contribution in [2.24, 2.45) is 0 Å². The number of aromatic nitrogens is 1. The molecule has 74 valence electrons. The maximum atomic E-state index is 12.9. The fourth-order valence-electron chi connectivity index (χ4n) is 0.964. The first kappa shape index (κ1) is 10.8. The summed E-state index contributed by atoms with van der Waals surface area (Å²) in [6.07, 6.45) is -2.27. The van der Waals surface area contributed by atoms with Crippen LogP contribution in [0.5, 0.6) is 0 Å². The molecule has 1 aromatic heterocycles. The lowest BCUT2D eigenvalue weighted by atomic mass is 10.1. The summed E-state index contributed by atoms with van der Waals surface area (Å²) in [4.78, 5) is 3.15. The van der Waals surface area contributed by atoms with Gasteiger partial charge in [0.05, 0.1) is 17.6 Å². The van der Waals surface area contributed by atoms with Gasteiger partial charge in [-0.3, -0.25) is 4.98 Å². The van der Waals surface area contributed by atoms with E-state index in [9.17, 15) is 13.2 Å². The summed E-state index contributed by atoms with van der Waals surface area (Å²) in [6, 6.07) is 1.47. The molecule has 0 aliphatic carbocycles. The van der Waals surface area contributed by atoms with Crippen molar-refractivity contribution in [2.45, 2.75) is 12.3 Å². The molecule has 0 bridgehead atoms. The van der Waals surface area contributed by atoms with Gasteiger partial charge in [0, 0.05) is 5.56 Å². The molecule has 0 fully saturated rings.